The number of hydrogen-bond acceptors (Lipinski definition) is 3. The fourth-order valence-corrected chi connectivity index (χ4v) is 4.93. The lowest BCUT2D eigenvalue weighted by Crippen LogP contribution is -2.67. The summed E-state index contributed by atoms with van der Waals surface area (Å²) < 4.78 is 13.0. The van der Waals surface area contributed by atoms with E-state index in [4.69, 9.17) is 0 Å². The van der Waals surface area contributed by atoms with E-state index in [1.807, 2.05) is 26.1 Å². The Balaban J connectivity index is 0.00000119. The highest BCUT2D eigenvalue weighted by atomic mass is 19.1. The van der Waals surface area contributed by atoms with Crippen LogP contribution in [-0.4, -0.2) is 45.9 Å². The third kappa shape index (κ3) is 4.08. The topological polar surface area (TPSA) is 65.5 Å². The van der Waals surface area contributed by atoms with Crippen LogP contribution < -0.4 is 5.32 Å². The Morgan fingerprint density at radius 3 is 2.44 bits per heavy atom. The molecule has 2 aromatic rings. The molecule has 32 heavy (non-hydrogen) atoms. The van der Waals surface area contributed by atoms with Crippen LogP contribution in [0.4, 0.5) is 9.18 Å². The zero-order valence-electron chi connectivity index (χ0n) is 18.8. The van der Waals surface area contributed by atoms with Gasteiger partial charge in [0.05, 0.1) is 11.5 Å². The van der Waals surface area contributed by atoms with Gasteiger partial charge in [-0.3, -0.25) is 9.78 Å². The first-order valence-electron chi connectivity index (χ1n) is 11.6. The van der Waals surface area contributed by atoms with Crippen molar-refractivity contribution in [2.24, 2.45) is 5.41 Å². The summed E-state index contributed by atoms with van der Waals surface area (Å²) in [7, 11) is 0. The minimum Gasteiger partial charge on any atom is -0.334 e. The van der Waals surface area contributed by atoms with Gasteiger partial charge >= 0.3 is 6.03 Å². The first-order valence-corrected chi connectivity index (χ1v) is 11.6. The monoisotopic (exact) mass is 438 g/mol. The highest BCUT2D eigenvalue weighted by Gasteiger charge is 2.64. The predicted molar refractivity (Wildman–Crippen MR) is 120 cm³/mol. The molecule has 3 amide bonds. The van der Waals surface area contributed by atoms with E-state index >= 15 is 0 Å². The molecule has 0 bridgehead atoms. The molecular formula is C25H31FN4O2. The summed E-state index contributed by atoms with van der Waals surface area (Å²) in [6.45, 7) is 5.46. The molecule has 3 heterocycles. The van der Waals surface area contributed by atoms with Crippen molar-refractivity contribution in [1.82, 2.24) is 20.1 Å². The minimum absolute atomic E-state index is 0.0654. The first-order chi connectivity index (χ1) is 15.6. The van der Waals surface area contributed by atoms with Gasteiger partial charge in [0, 0.05) is 38.1 Å². The number of rotatable bonds is 4. The number of hydrogen-bond donors (Lipinski definition) is 1. The van der Waals surface area contributed by atoms with Gasteiger partial charge in [0.2, 0.25) is 5.91 Å². The van der Waals surface area contributed by atoms with Gasteiger partial charge < -0.3 is 15.1 Å². The summed E-state index contributed by atoms with van der Waals surface area (Å²) >= 11 is 0. The lowest BCUT2D eigenvalue weighted by molar-refractivity contribution is -0.181. The Morgan fingerprint density at radius 2 is 1.84 bits per heavy atom. The largest absolute Gasteiger partial charge is 0.334 e. The van der Waals surface area contributed by atoms with Crippen molar-refractivity contribution in [3.05, 3.63) is 65.7 Å². The van der Waals surface area contributed by atoms with Crippen LogP contribution in [0.5, 0.6) is 0 Å². The van der Waals surface area contributed by atoms with Crippen LogP contribution in [0.25, 0.3) is 0 Å². The second-order valence-electron chi connectivity index (χ2n) is 8.56. The number of nitrogens with one attached hydrogen (secondary N) is 1. The number of urea groups is 1. The van der Waals surface area contributed by atoms with E-state index in [-0.39, 0.29) is 23.8 Å². The van der Waals surface area contributed by atoms with E-state index in [0.29, 0.717) is 38.5 Å². The number of halogens is 1. The number of carbonyl (C=O) groups is 2. The molecule has 6 nitrogen and oxygen atoms in total. The molecule has 1 aromatic carbocycles. The SMILES string of the molecule is CC.O=C(NCc1ccc(F)cc1)N1CCC2(CC1)C(=O)N(C1CC1)C2c1cccnc1. The number of amides is 3. The summed E-state index contributed by atoms with van der Waals surface area (Å²) in [6.07, 6.45) is 7.12. The molecular weight excluding hydrogens is 407 g/mol. The third-order valence-corrected chi connectivity index (χ3v) is 6.70. The second kappa shape index (κ2) is 9.27. The molecule has 1 spiro atoms. The van der Waals surface area contributed by atoms with Crippen molar-refractivity contribution in [2.75, 3.05) is 13.1 Å². The van der Waals surface area contributed by atoms with Crippen LogP contribution in [0.1, 0.15) is 56.7 Å². The summed E-state index contributed by atoms with van der Waals surface area (Å²) in [5.41, 5.74) is 1.53. The Labute approximate surface area is 188 Å². The van der Waals surface area contributed by atoms with Crippen molar-refractivity contribution in [3.8, 4) is 0 Å². The number of benzene rings is 1. The number of β-lactam (4-membered cyclic amide) rings is 1. The minimum atomic E-state index is -0.417. The highest BCUT2D eigenvalue weighted by molar-refractivity contribution is 5.91. The molecule has 2 aliphatic heterocycles. The van der Waals surface area contributed by atoms with Crippen molar-refractivity contribution in [3.63, 3.8) is 0 Å². The Morgan fingerprint density at radius 1 is 1.16 bits per heavy atom. The first kappa shape index (κ1) is 22.2. The number of nitrogens with zero attached hydrogens (tertiary/aromatic N) is 3. The normalized spacial score (nSPS) is 21.5. The van der Waals surface area contributed by atoms with E-state index < -0.39 is 5.41 Å². The summed E-state index contributed by atoms with van der Waals surface area (Å²) in [5.74, 6) is -0.0507. The van der Waals surface area contributed by atoms with Crippen LogP contribution in [-0.2, 0) is 11.3 Å². The molecule has 2 saturated heterocycles. The number of piperidine rings is 1. The van der Waals surface area contributed by atoms with Crippen LogP contribution in [0, 0.1) is 11.2 Å². The maximum Gasteiger partial charge on any atom is 0.317 e. The van der Waals surface area contributed by atoms with Crippen molar-refractivity contribution >= 4 is 11.9 Å². The molecule has 1 N–H and O–H groups in total. The van der Waals surface area contributed by atoms with Gasteiger partial charge in [-0.2, -0.15) is 0 Å². The molecule has 1 atom stereocenters. The molecule has 170 valence electrons. The second-order valence-corrected chi connectivity index (χ2v) is 8.56. The Hall–Kier alpha value is -2.96. The molecule has 1 unspecified atom stereocenters. The van der Waals surface area contributed by atoms with Gasteiger partial charge in [0.25, 0.3) is 0 Å². The molecule has 1 aromatic heterocycles. The van der Waals surface area contributed by atoms with Crippen molar-refractivity contribution < 1.29 is 14.0 Å². The number of pyridine rings is 1. The van der Waals surface area contributed by atoms with Crippen LogP contribution in [0.3, 0.4) is 0 Å². The van der Waals surface area contributed by atoms with E-state index in [9.17, 15) is 14.0 Å². The van der Waals surface area contributed by atoms with E-state index in [1.54, 1.807) is 23.2 Å². The fraction of sp³-hybridized carbons (Fsp3) is 0.480. The van der Waals surface area contributed by atoms with E-state index in [0.717, 1.165) is 24.0 Å². The average molecular weight is 439 g/mol. The van der Waals surface area contributed by atoms with Crippen LogP contribution >= 0.6 is 0 Å². The smallest absolute Gasteiger partial charge is 0.317 e. The van der Waals surface area contributed by atoms with Crippen LogP contribution in [0.2, 0.25) is 0 Å². The molecule has 1 aliphatic carbocycles. The standard InChI is InChI=1S/C23H25FN4O2.C2H6/c24-18-5-3-16(4-6-18)14-26-22(30)27-12-9-23(10-13-27)20(17-2-1-11-25-15-17)28(21(23)29)19-7-8-19;1-2/h1-6,11,15,19-20H,7-10,12-14H2,(H,26,30);1-2H3. The fourth-order valence-electron chi connectivity index (χ4n) is 4.93. The lowest BCUT2D eigenvalue weighted by Gasteiger charge is -2.59. The Bertz CT molecular complexity index is 938. The maximum atomic E-state index is 13.2. The van der Waals surface area contributed by atoms with Crippen molar-refractivity contribution in [2.45, 2.75) is 58.2 Å². The molecule has 3 fully saturated rings. The molecule has 7 heteroatoms. The molecule has 5 rings (SSSR count). The predicted octanol–water partition coefficient (Wildman–Crippen LogP) is 4.28. The number of carbonyl (C=O) groups excluding carboxylic acids is 2. The molecule has 3 aliphatic rings. The van der Waals surface area contributed by atoms with E-state index in [2.05, 4.69) is 21.3 Å². The third-order valence-electron chi connectivity index (χ3n) is 6.70. The maximum absolute atomic E-state index is 13.2. The van der Waals surface area contributed by atoms with Gasteiger partial charge in [-0.15, -0.1) is 0 Å². The number of aromatic nitrogens is 1. The van der Waals surface area contributed by atoms with Crippen molar-refractivity contribution in [1.29, 1.82) is 0 Å². The van der Waals surface area contributed by atoms with Gasteiger partial charge in [0.1, 0.15) is 5.82 Å². The summed E-state index contributed by atoms with van der Waals surface area (Å²) in [4.78, 5) is 33.9. The van der Waals surface area contributed by atoms with Gasteiger partial charge in [-0.05, 0) is 55.0 Å². The van der Waals surface area contributed by atoms with E-state index in [1.165, 1.54) is 12.1 Å². The van der Waals surface area contributed by atoms with Gasteiger partial charge in [-0.1, -0.05) is 32.0 Å². The zero-order valence-corrected chi connectivity index (χ0v) is 18.8. The molecule has 0 radical (unpaired) electrons. The van der Waals surface area contributed by atoms with Crippen LogP contribution in [0.15, 0.2) is 48.8 Å². The highest BCUT2D eigenvalue weighted by Crippen LogP contribution is 2.59. The van der Waals surface area contributed by atoms with Gasteiger partial charge in [0.15, 0.2) is 0 Å². The molecule has 1 saturated carbocycles. The zero-order chi connectivity index (χ0) is 22.7. The average Bonchev–Trinajstić information content (AvgIpc) is 3.68. The lowest BCUT2D eigenvalue weighted by atomic mass is 9.62. The summed E-state index contributed by atoms with van der Waals surface area (Å²) in [5, 5.41) is 2.90. The quantitative estimate of drug-likeness (QED) is 0.725. The van der Waals surface area contributed by atoms with Gasteiger partial charge in [-0.25, -0.2) is 9.18 Å². The number of likely N-dealkylation sites (tertiary alicyclic amines) is 2. The Kier molecular flexibility index (Phi) is 6.44. The summed E-state index contributed by atoms with van der Waals surface area (Å²) in [6, 6.07) is 10.4.